The fraction of sp³-hybridized carbons (Fsp3) is 0.231. The van der Waals surface area contributed by atoms with E-state index in [1.165, 1.54) is 5.56 Å². The largest absolute Gasteiger partial charge is 0.298 e. The van der Waals surface area contributed by atoms with Gasteiger partial charge in [0.1, 0.15) is 5.03 Å². The van der Waals surface area contributed by atoms with Crippen LogP contribution in [0.3, 0.4) is 0 Å². The molecule has 4 heteroatoms. The van der Waals surface area contributed by atoms with Crippen LogP contribution < -0.4 is 0 Å². The van der Waals surface area contributed by atoms with Crippen LogP contribution in [0.25, 0.3) is 0 Å². The van der Waals surface area contributed by atoms with E-state index in [1.54, 1.807) is 16.4 Å². The van der Waals surface area contributed by atoms with Gasteiger partial charge in [0.25, 0.3) is 0 Å². The van der Waals surface area contributed by atoms with Crippen molar-refractivity contribution in [3.05, 3.63) is 41.1 Å². The number of rotatable bonds is 3. The van der Waals surface area contributed by atoms with Gasteiger partial charge in [-0.2, -0.15) is 5.10 Å². The number of hydrogen-bond donors (Lipinski definition) is 0. The lowest BCUT2D eigenvalue weighted by Crippen LogP contribution is -1.93. The molecule has 0 saturated carbocycles. The molecule has 0 aliphatic carbocycles. The Labute approximate surface area is 105 Å². The molecular formula is C13H14N2OS. The maximum absolute atomic E-state index is 11.0. The molecule has 17 heavy (non-hydrogen) atoms. The second-order valence-electron chi connectivity index (χ2n) is 3.96. The van der Waals surface area contributed by atoms with E-state index in [0.29, 0.717) is 5.56 Å². The van der Waals surface area contributed by atoms with Gasteiger partial charge in [-0.1, -0.05) is 29.5 Å². The summed E-state index contributed by atoms with van der Waals surface area (Å²) in [6.07, 6.45) is 0.874. The number of benzene rings is 1. The Hall–Kier alpha value is -1.55. The monoisotopic (exact) mass is 246 g/mol. The van der Waals surface area contributed by atoms with Crippen molar-refractivity contribution in [3.8, 4) is 0 Å². The predicted octanol–water partition coefficient (Wildman–Crippen LogP) is 3.00. The Morgan fingerprint density at radius 1 is 1.24 bits per heavy atom. The zero-order chi connectivity index (χ0) is 12.4. The van der Waals surface area contributed by atoms with Crippen LogP contribution in [0, 0.1) is 13.8 Å². The Kier molecular flexibility index (Phi) is 3.33. The van der Waals surface area contributed by atoms with Gasteiger partial charge in [-0.05, 0) is 26.0 Å². The normalized spacial score (nSPS) is 10.5. The summed E-state index contributed by atoms with van der Waals surface area (Å²) in [4.78, 5) is 12.2. The minimum atomic E-state index is 0.679. The molecule has 0 spiro atoms. The molecule has 0 radical (unpaired) electrons. The Balaban J connectivity index is 2.35. The van der Waals surface area contributed by atoms with Crippen LogP contribution in [-0.4, -0.2) is 16.1 Å². The van der Waals surface area contributed by atoms with Crippen LogP contribution in [0.15, 0.2) is 34.2 Å². The van der Waals surface area contributed by atoms with Gasteiger partial charge in [-0.25, -0.2) is 0 Å². The third-order valence-corrected chi connectivity index (χ3v) is 3.75. The van der Waals surface area contributed by atoms with Crippen molar-refractivity contribution >= 4 is 18.0 Å². The fourth-order valence-corrected chi connectivity index (χ4v) is 2.60. The Bertz CT molecular complexity index is 543. The van der Waals surface area contributed by atoms with E-state index < -0.39 is 0 Å². The summed E-state index contributed by atoms with van der Waals surface area (Å²) < 4.78 is 1.75. The van der Waals surface area contributed by atoms with E-state index in [0.717, 1.165) is 21.9 Å². The third kappa shape index (κ3) is 2.42. The summed E-state index contributed by atoms with van der Waals surface area (Å²) in [6.45, 7) is 3.91. The summed E-state index contributed by atoms with van der Waals surface area (Å²) in [7, 11) is 1.86. The van der Waals surface area contributed by atoms with Crippen molar-refractivity contribution in [1.82, 2.24) is 9.78 Å². The minimum absolute atomic E-state index is 0.679. The lowest BCUT2D eigenvalue weighted by molar-refractivity contribution is 0.112. The van der Waals surface area contributed by atoms with Crippen LogP contribution in [0.4, 0.5) is 0 Å². The molecule has 0 fully saturated rings. The second kappa shape index (κ2) is 4.75. The van der Waals surface area contributed by atoms with Crippen molar-refractivity contribution in [3.63, 3.8) is 0 Å². The highest BCUT2D eigenvalue weighted by atomic mass is 32.2. The van der Waals surface area contributed by atoms with Gasteiger partial charge in [-0.3, -0.25) is 9.48 Å². The number of aryl methyl sites for hydroxylation is 3. The Morgan fingerprint density at radius 3 is 2.47 bits per heavy atom. The molecule has 0 N–H and O–H groups in total. The zero-order valence-corrected chi connectivity index (χ0v) is 10.9. The van der Waals surface area contributed by atoms with E-state index in [2.05, 4.69) is 36.3 Å². The maximum atomic E-state index is 11.0. The molecular weight excluding hydrogens is 232 g/mol. The van der Waals surface area contributed by atoms with Crippen LogP contribution in [-0.2, 0) is 7.05 Å². The standard InChI is InChI=1S/C13H14N2OS/c1-9-4-6-11(7-5-9)17-13-12(8-16)10(2)14-15(13)3/h4-8H,1-3H3. The van der Waals surface area contributed by atoms with Gasteiger partial charge >= 0.3 is 0 Å². The number of hydrogen-bond acceptors (Lipinski definition) is 3. The first kappa shape index (κ1) is 11.9. The molecule has 0 amide bonds. The quantitative estimate of drug-likeness (QED) is 0.781. The van der Waals surface area contributed by atoms with Crippen LogP contribution in [0.2, 0.25) is 0 Å². The van der Waals surface area contributed by atoms with Crippen molar-refractivity contribution in [2.45, 2.75) is 23.8 Å². The van der Waals surface area contributed by atoms with Crippen molar-refractivity contribution in [2.24, 2.45) is 7.05 Å². The molecule has 0 aliphatic rings. The summed E-state index contributed by atoms with van der Waals surface area (Å²) >= 11 is 1.56. The summed E-state index contributed by atoms with van der Waals surface area (Å²) in [5, 5.41) is 5.15. The first-order valence-corrected chi connectivity index (χ1v) is 6.16. The molecule has 0 saturated heterocycles. The third-order valence-electron chi connectivity index (χ3n) is 2.57. The number of aldehydes is 1. The van der Waals surface area contributed by atoms with Crippen LogP contribution in [0.5, 0.6) is 0 Å². The number of nitrogens with zero attached hydrogens (tertiary/aromatic N) is 2. The van der Waals surface area contributed by atoms with E-state index >= 15 is 0 Å². The highest BCUT2D eigenvalue weighted by molar-refractivity contribution is 7.99. The van der Waals surface area contributed by atoms with Gasteiger partial charge in [0, 0.05) is 11.9 Å². The molecule has 0 unspecified atom stereocenters. The van der Waals surface area contributed by atoms with Crippen LogP contribution in [0.1, 0.15) is 21.6 Å². The summed E-state index contributed by atoms with van der Waals surface area (Å²) in [5.74, 6) is 0. The lowest BCUT2D eigenvalue weighted by atomic mass is 10.2. The number of carbonyl (C=O) groups excluding carboxylic acids is 1. The number of aromatic nitrogens is 2. The van der Waals surface area contributed by atoms with Crippen molar-refractivity contribution < 1.29 is 4.79 Å². The Morgan fingerprint density at radius 2 is 1.88 bits per heavy atom. The smallest absolute Gasteiger partial charge is 0.154 e. The van der Waals surface area contributed by atoms with Gasteiger partial charge < -0.3 is 0 Å². The second-order valence-corrected chi connectivity index (χ2v) is 5.02. The lowest BCUT2D eigenvalue weighted by Gasteiger charge is -2.03. The zero-order valence-electron chi connectivity index (χ0n) is 10.1. The summed E-state index contributed by atoms with van der Waals surface area (Å²) in [6, 6.07) is 8.23. The molecule has 2 aromatic rings. The highest BCUT2D eigenvalue weighted by Crippen LogP contribution is 2.30. The van der Waals surface area contributed by atoms with Crippen molar-refractivity contribution in [2.75, 3.05) is 0 Å². The molecule has 1 aromatic heterocycles. The van der Waals surface area contributed by atoms with Gasteiger partial charge in [0.05, 0.1) is 11.3 Å². The SMILES string of the molecule is Cc1ccc(Sc2c(C=O)c(C)nn2C)cc1. The van der Waals surface area contributed by atoms with Gasteiger partial charge in [0.2, 0.25) is 0 Å². The molecule has 0 atom stereocenters. The van der Waals surface area contributed by atoms with E-state index in [-0.39, 0.29) is 0 Å². The predicted molar refractivity (Wildman–Crippen MR) is 68.6 cm³/mol. The molecule has 1 aromatic carbocycles. The molecule has 1 heterocycles. The summed E-state index contributed by atoms with van der Waals surface area (Å²) in [5.41, 5.74) is 2.68. The van der Waals surface area contributed by atoms with Crippen molar-refractivity contribution in [1.29, 1.82) is 0 Å². The first-order chi connectivity index (χ1) is 8.11. The molecule has 2 rings (SSSR count). The van der Waals surface area contributed by atoms with Gasteiger partial charge in [0.15, 0.2) is 6.29 Å². The molecule has 3 nitrogen and oxygen atoms in total. The van der Waals surface area contributed by atoms with Gasteiger partial charge in [-0.15, -0.1) is 0 Å². The first-order valence-electron chi connectivity index (χ1n) is 5.35. The highest BCUT2D eigenvalue weighted by Gasteiger charge is 2.13. The van der Waals surface area contributed by atoms with Crippen LogP contribution >= 0.6 is 11.8 Å². The topological polar surface area (TPSA) is 34.9 Å². The average molecular weight is 246 g/mol. The molecule has 0 bridgehead atoms. The minimum Gasteiger partial charge on any atom is -0.298 e. The average Bonchev–Trinajstić information content (AvgIpc) is 2.57. The van der Waals surface area contributed by atoms with E-state index in [1.807, 2.05) is 14.0 Å². The van der Waals surface area contributed by atoms with E-state index in [4.69, 9.17) is 0 Å². The number of carbonyl (C=O) groups is 1. The molecule has 88 valence electrons. The maximum Gasteiger partial charge on any atom is 0.154 e. The van der Waals surface area contributed by atoms with E-state index in [9.17, 15) is 4.79 Å². The fourth-order valence-electron chi connectivity index (χ4n) is 1.63. The molecule has 0 aliphatic heterocycles.